The Kier molecular flexibility index (Phi) is 4.03. The van der Waals surface area contributed by atoms with Crippen molar-refractivity contribution in [1.82, 2.24) is 4.31 Å². The topological polar surface area (TPSA) is 72.6 Å². The maximum Gasteiger partial charge on any atom is 0.243 e. The molecule has 0 aliphatic carbocycles. The predicted octanol–water partition coefficient (Wildman–Crippen LogP) is 2.03. The monoisotopic (exact) mass is 318 g/mol. The van der Waals surface area contributed by atoms with E-state index in [2.05, 4.69) is 0 Å². The van der Waals surface area contributed by atoms with E-state index < -0.39 is 15.6 Å². The SMILES string of the molecule is Cc1cc(S(=O)(=O)N2CCOC(C)(C)C2)cc(N)c1Cl. The van der Waals surface area contributed by atoms with Gasteiger partial charge in [0.2, 0.25) is 10.0 Å². The molecule has 0 radical (unpaired) electrons. The fourth-order valence-electron chi connectivity index (χ4n) is 2.24. The Morgan fingerprint density at radius 3 is 2.60 bits per heavy atom. The third-order valence-corrected chi connectivity index (χ3v) is 5.62. The highest BCUT2D eigenvalue weighted by atomic mass is 35.5. The summed E-state index contributed by atoms with van der Waals surface area (Å²) in [4.78, 5) is 0.176. The van der Waals surface area contributed by atoms with Gasteiger partial charge in [0.1, 0.15) is 0 Å². The first-order valence-corrected chi connectivity index (χ1v) is 8.15. The molecule has 1 aromatic rings. The molecule has 1 heterocycles. The van der Waals surface area contributed by atoms with Crippen LogP contribution in [0.5, 0.6) is 0 Å². The van der Waals surface area contributed by atoms with Crippen molar-refractivity contribution in [2.24, 2.45) is 0 Å². The number of nitrogens with two attached hydrogens (primary N) is 1. The number of nitrogen functional groups attached to an aromatic ring is 1. The molecule has 1 aliphatic heterocycles. The molecule has 1 aromatic carbocycles. The quantitative estimate of drug-likeness (QED) is 0.847. The van der Waals surface area contributed by atoms with Crippen LogP contribution in [0.3, 0.4) is 0 Å². The second kappa shape index (κ2) is 5.18. The van der Waals surface area contributed by atoms with Crippen molar-refractivity contribution in [2.45, 2.75) is 31.3 Å². The number of aryl methyl sites for hydroxylation is 1. The van der Waals surface area contributed by atoms with Gasteiger partial charge in [-0.25, -0.2) is 8.42 Å². The fourth-order valence-corrected chi connectivity index (χ4v) is 4.04. The highest BCUT2D eigenvalue weighted by Crippen LogP contribution is 2.30. The van der Waals surface area contributed by atoms with Gasteiger partial charge < -0.3 is 10.5 Å². The summed E-state index contributed by atoms with van der Waals surface area (Å²) in [6.45, 7) is 6.52. The molecule has 0 atom stereocenters. The third-order valence-electron chi connectivity index (χ3n) is 3.28. The molecular formula is C13H19ClN2O3S. The lowest BCUT2D eigenvalue weighted by molar-refractivity contribution is -0.0640. The summed E-state index contributed by atoms with van der Waals surface area (Å²) in [5, 5.41) is 0.395. The van der Waals surface area contributed by atoms with Gasteiger partial charge in [0.25, 0.3) is 0 Å². The van der Waals surface area contributed by atoms with Crippen LogP contribution in [0.1, 0.15) is 19.4 Å². The van der Waals surface area contributed by atoms with Crippen LogP contribution in [-0.2, 0) is 14.8 Å². The summed E-state index contributed by atoms with van der Waals surface area (Å²) in [6, 6.07) is 2.96. The van der Waals surface area contributed by atoms with Gasteiger partial charge in [-0.1, -0.05) is 11.6 Å². The molecule has 20 heavy (non-hydrogen) atoms. The van der Waals surface area contributed by atoms with Gasteiger partial charge in [-0.15, -0.1) is 0 Å². The third kappa shape index (κ3) is 2.93. The standard InChI is InChI=1S/C13H19ClN2O3S/c1-9-6-10(7-11(15)12(9)14)20(17,18)16-4-5-19-13(2,3)8-16/h6-7H,4-5,8,15H2,1-3H3. The number of sulfonamides is 1. The summed E-state index contributed by atoms with van der Waals surface area (Å²) in [7, 11) is -3.58. The minimum Gasteiger partial charge on any atom is -0.397 e. The molecule has 7 heteroatoms. The van der Waals surface area contributed by atoms with Crippen molar-refractivity contribution in [1.29, 1.82) is 0 Å². The number of hydrogen-bond donors (Lipinski definition) is 1. The van der Waals surface area contributed by atoms with Crippen LogP contribution in [-0.4, -0.2) is 38.0 Å². The molecule has 0 spiro atoms. The predicted molar refractivity (Wildman–Crippen MR) is 79.4 cm³/mol. The van der Waals surface area contributed by atoms with E-state index in [1.807, 2.05) is 13.8 Å². The maximum absolute atomic E-state index is 12.7. The average Bonchev–Trinajstić information content (AvgIpc) is 2.34. The second-order valence-corrected chi connectivity index (χ2v) is 7.91. The zero-order valence-electron chi connectivity index (χ0n) is 11.8. The molecule has 112 valence electrons. The smallest absolute Gasteiger partial charge is 0.243 e. The maximum atomic E-state index is 12.7. The van der Waals surface area contributed by atoms with Crippen molar-refractivity contribution in [2.75, 3.05) is 25.4 Å². The van der Waals surface area contributed by atoms with Crippen molar-refractivity contribution >= 4 is 27.3 Å². The first-order valence-electron chi connectivity index (χ1n) is 6.33. The number of nitrogens with zero attached hydrogens (tertiary/aromatic N) is 1. The van der Waals surface area contributed by atoms with Gasteiger partial charge >= 0.3 is 0 Å². The van der Waals surface area contributed by atoms with Crippen molar-refractivity contribution < 1.29 is 13.2 Å². The minimum absolute atomic E-state index is 0.176. The molecule has 1 fully saturated rings. The lowest BCUT2D eigenvalue weighted by Crippen LogP contribution is -2.50. The molecule has 5 nitrogen and oxygen atoms in total. The molecule has 0 amide bonds. The van der Waals surface area contributed by atoms with Crippen LogP contribution in [0.4, 0.5) is 5.69 Å². The molecule has 2 N–H and O–H groups in total. The number of hydrogen-bond acceptors (Lipinski definition) is 4. The van der Waals surface area contributed by atoms with Gasteiger partial charge in [0, 0.05) is 13.1 Å². The molecule has 0 saturated carbocycles. The van der Waals surface area contributed by atoms with Crippen LogP contribution in [0.25, 0.3) is 0 Å². The van der Waals surface area contributed by atoms with Gasteiger partial charge in [-0.2, -0.15) is 4.31 Å². The van der Waals surface area contributed by atoms with Gasteiger partial charge in [0.05, 0.1) is 27.8 Å². The summed E-state index contributed by atoms with van der Waals surface area (Å²) in [5.41, 5.74) is 6.20. The first-order chi connectivity index (χ1) is 9.13. The molecule has 2 rings (SSSR count). The van der Waals surface area contributed by atoms with E-state index in [4.69, 9.17) is 22.1 Å². The molecule has 1 aliphatic rings. The zero-order chi connectivity index (χ0) is 15.1. The van der Waals surface area contributed by atoms with Gasteiger partial charge in [-0.05, 0) is 38.5 Å². The Morgan fingerprint density at radius 2 is 2.05 bits per heavy atom. The molecular weight excluding hydrogens is 300 g/mol. The Morgan fingerprint density at radius 1 is 1.40 bits per heavy atom. The lowest BCUT2D eigenvalue weighted by atomic mass is 10.1. The summed E-state index contributed by atoms with van der Waals surface area (Å²) in [5.74, 6) is 0. The van der Waals surface area contributed by atoms with Gasteiger partial charge in [-0.3, -0.25) is 0 Å². The Labute approximate surface area is 124 Å². The van der Waals surface area contributed by atoms with Crippen LogP contribution in [0.15, 0.2) is 17.0 Å². The summed E-state index contributed by atoms with van der Waals surface area (Å²) < 4.78 is 32.3. The number of halogens is 1. The van der Waals surface area contributed by atoms with E-state index in [1.54, 1.807) is 13.0 Å². The Bertz CT molecular complexity index is 605. The largest absolute Gasteiger partial charge is 0.397 e. The first kappa shape index (κ1) is 15.6. The number of benzene rings is 1. The van der Waals surface area contributed by atoms with Crippen LogP contribution in [0.2, 0.25) is 5.02 Å². The van der Waals surface area contributed by atoms with Gasteiger partial charge in [0.15, 0.2) is 0 Å². The van der Waals surface area contributed by atoms with Crippen LogP contribution < -0.4 is 5.73 Å². The zero-order valence-corrected chi connectivity index (χ0v) is 13.4. The van der Waals surface area contributed by atoms with Crippen LogP contribution in [0, 0.1) is 6.92 Å². The molecule has 0 aromatic heterocycles. The van der Waals surface area contributed by atoms with Crippen molar-refractivity contribution in [3.05, 3.63) is 22.7 Å². The number of anilines is 1. The van der Waals surface area contributed by atoms with E-state index in [0.29, 0.717) is 30.3 Å². The normalized spacial score (nSPS) is 20.0. The fraction of sp³-hybridized carbons (Fsp3) is 0.538. The summed E-state index contributed by atoms with van der Waals surface area (Å²) >= 11 is 5.98. The van der Waals surface area contributed by atoms with Crippen molar-refractivity contribution in [3.63, 3.8) is 0 Å². The number of morpholine rings is 1. The van der Waals surface area contributed by atoms with Crippen LogP contribution >= 0.6 is 11.6 Å². The second-order valence-electron chi connectivity index (χ2n) is 5.59. The van der Waals surface area contributed by atoms with Crippen molar-refractivity contribution in [3.8, 4) is 0 Å². The number of rotatable bonds is 2. The lowest BCUT2D eigenvalue weighted by Gasteiger charge is -2.37. The number of ether oxygens (including phenoxy) is 1. The van der Waals surface area contributed by atoms with E-state index in [9.17, 15) is 8.42 Å². The Hall–Kier alpha value is -0.820. The molecule has 0 bridgehead atoms. The van der Waals surface area contributed by atoms with E-state index in [1.165, 1.54) is 10.4 Å². The Balaban J connectivity index is 2.40. The van der Waals surface area contributed by atoms with E-state index in [-0.39, 0.29) is 10.6 Å². The highest BCUT2D eigenvalue weighted by Gasteiger charge is 2.35. The van der Waals surface area contributed by atoms with E-state index >= 15 is 0 Å². The minimum atomic E-state index is -3.58. The summed E-state index contributed by atoms with van der Waals surface area (Å²) in [6.07, 6.45) is 0. The molecule has 0 unspecified atom stereocenters. The van der Waals surface area contributed by atoms with E-state index in [0.717, 1.165) is 0 Å². The molecule has 1 saturated heterocycles. The average molecular weight is 319 g/mol. The highest BCUT2D eigenvalue weighted by molar-refractivity contribution is 7.89.